The fraction of sp³-hybridized carbons (Fsp3) is 1.00. The van der Waals surface area contributed by atoms with Crippen molar-refractivity contribution in [2.24, 2.45) is 5.73 Å². The summed E-state index contributed by atoms with van der Waals surface area (Å²) in [5, 5.41) is 3.68. The minimum Gasteiger partial charge on any atom is -0.330 e. The van der Waals surface area contributed by atoms with Crippen LogP contribution in [0.1, 0.15) is 51.9 Å². The van der Waals surface area contributed by atoms with Crippen molar-refractivity contribution in [2.75, 3.05) is 13.1 Å². The summed E-state index contributed by atoms with van der Waals surface area (Å²) in [5.41, 5.74) is 5.90. The van der Waals surface area contributed by atoms with Crippen LogP contribution < -0.4 is 11.1 Å². The van der Waals surface area contributed by atoms with Crippen molar-refractivity contribution in [2.45, 2.75) is 57.4 Å². The molecule has 1 aliphatic rings. The van der Waals surface area contributed by atoms with Gasteiger partial charge in [-0.25, -0.2) is 0 Å². The second-order valence-electron chi connectivity index (χ2n) is 4.54. The van der Waals surface area contributed by atoms with Crippen molar-refractivity contribution in [1.29, 1.82) is 0 Å². The summed E-state index contributed by atoms with van der Waals surface area (Å²) in [6, 6.07) is 0. The highest BCUT2D eigenvalue weighted by atomic mass is 15.0. The molecular weight excluding hydrogens is 160 g/mol. The molecule has 0 aliphatic heterocycles. The van der Waals surface area contributed by atoms with Gasteiger partial charge in [-0.05, 0) is 45.7 Å². The van der Waals surface area contributed by atoms with E-state index in [9.17, 15) is 0 Å². The summed E-state index contributed by atoms with van der Waals surface area (Å²) in [4.78, 5) is 0. The van der Waals surface area contributed by atoms with Gasteiger partial charge in [0.2, 0.25) is 0 Å². The SMILES string of the molecule is CC1(NCCCCCN)CCCC1. The van der Waals surface area contributed by atoms with E-state index in [1.54, 1.807) is 0 Å². The van der Waals surface area contributed by atoms with Gasteiger partial charge in [-0.3, -0.25) is 0 Å². The van der Waals surface area contributed by atoms with Crippen LogP contribution in [0.3, 0.4) is 0 Å². The Hall–Kier alpha value is -0.0800. The molecule has 3 N–H and O–H groups in total. The number of unbranched alkanes of at least 4 members (excludes halogenated alkanes) is 2. The number of hydrogen-bond acceptors (Lipinski definition) is 2. The molecule has 0 radical (unpaired) electrons. The predicted octanol–water partition coefficient (Wildman–Crippen LogP) is 2.04. The Morgan fingerprint density at radius 3 is 2.46 bits per heavy atom. The monoisotopic (exact) mass is 184 g/mol. The Morgan fingerprint density at radius 1 is 1.15 bits per heavy atom. The average molecular weight is 184 g/mol. The van der Waals surface area contributed by atoms with Crippen LogP contribution in [-0.4, -0.2) is 18.6 Å². The zero-order valence-corrected chi connectivity index (χ0v) is 8.94. The third kappa shape index (κ3) is 4.10. The molecule has 0 saturated heterocycles. The molecule has 0 heterocycles. The molecule has 78 valence electrons. The van der Waals surface area contributed by atoms with Crippen molar-refractivity contribution in [3.05, 3.63) is 0 Å². The summed E-state index contributed by atoms with van der Waals surface area (Å²) in [5.74, 6) is 0. The van der Waals surface area contributed by atoms with Gasteiger partial charge in [0, 0.05) is 5.54 Å². The lowest BCUT2D eigenvalue weighted by Crippen LogP contribution is -2.39. The molecule has 1 saturated carbocycles. The fourth-order valence-corrected chi connectivity index (χ4v) is 2.17. The number of nitrogens with one attached hydrogen (secondary N) is 1. The summed E-state index contributed by atoms with van der Waals surface area (Å²) in [6.07, 6.45) is 9.29. The molecule has 0 aromatic carbocycles. The molecule has 2 heteroatoms. The van der Waals surface area contributed by atoms with Crippen molar-refractivity contribution < 1.29 is 0 Å². The van der Waals surface area contributed by atoms with Crippen LogP contribution in [0.25, 0.3) is 0 Å². The Labute approximate surface area is 82.3 Å². The highest BCUT2D eigenvalue weighted by Crippen LogP contribution is 2.28. The van der Waals surface area contributed by atoms with E-state index in [1.165, 1.54) is 51.5 Å². The second kappa shape index (κ2) is 5.61. The molecule has 0 aromatic rings. The Morgan fingerprint density at radius 2 is 1.85 bits per heavy atom. The number of rotatable bonds is 6. The summed E-state index contributed by atoms with van der Waals surface area (Å²) in [7, 11) is 0. The lowest BCUT2D eigenvalue weighted by molar-refractivity contribution is 0.360. The van der Waals surface area contributed by atoms with E-state index in [0.29, 0.717) is 5.54 Å². The lowest BCUT2D eigenvalue weighted by atomic mass is 10.0. The molecule has 0 amide bonds. The van der Waals surface area contributed by atoms with E-state index in [-0.39, 0.29) is 0 Å². The zero-order chi connectivity index (χ0) is 9.57. The fourth-order valence-electron chi connectivity index (χ4n) is 2.17. The van der Waals surface area contributed by atoms with E-state index >= 15 is 0 Å². The average Bonchev–Trinajstić information content (AvgIpc) is 2.53. The van der Waals surface area contributed by atoms with Crippen LogP contribution in [0.15, 0.2) is 0 Å². The maximum atomic E-state index is 5.44. The van der Waals surface area contributed by atoms with E-state index in [2.05, 4.69) is 12.2 Å². The first-order valence-electron chi connectivity index (χ1n) is 5.72. The standard InChI is InChI=1S/C11H24N2/c1-11(7-3-4-8-11)13-10-6-2-5-9-12/h13H,2-10,12H2,1H3. The van der Waals surface area contributed by atoms with Gasteiger partial charge < -0.3 is 11.1 Å². The van der Waals surface area contributed by atoms with Crippen molar-refractivity contribution in [3.8, 4) is 0 Å². The first-order chi connectivity index (χ1) is 6.27. The molecule has 2 nitrogen and oxygen atoms in total. The molecular formula is C11H24N2. The number of nitrogens with two attached hydrogens (primary N) is 1. The Balaban J connectivity index is 1.98. The van der Waals surface area contributed by atoms with Crippen LogP contribution in [-0.2, 0) is 0 Å². The molecule has 0 aromatic heterocycles. The topological polar surface area (TPSA) is 38.0 Å². The largest absolute Gasteiger partial charge is 0.330 e. The highest BCUT2D eigenvalue weighted by molar-refractivity contribution is 4.87. The minimum atomic E-state index is 0.461. The molecule has 0 bridgehead atoms. The Bertz CT molecular complexity index is 128. The van der Waals surface area contributed by atoms with Crippen LogP contribution >= 0.6 is 0 Å². The van der Waals surface area contributed by atoms with Gasteiger partial charge >= 0.3 is 0 Å². The number of hydrogen-bond donors (Lipinski definition) is 2. The van der Waals surface area contributed by atoms with Gasteiger partial charge in [0.25, 0.3) is 0 Å². The van der Waals surface area contributed by atoms with Gasteiger partial charge in [0.1, 0.15) is 0 Å². The van der Waals surface area contributed by atoms with E-state index < -0.39 is 0 Å². The minimum absolute atomic E-state index is 0.461. The summed E-state index contributed by atoms with van der Waals surface area (Å²) < 4.78 is 0. The Kier molecular flexibility index (Phi) is 4.74. The van der Waals surface area contributed by atoms with E-state index in [4.69, 9.17) is 5.73 Å². The van der Waals surface area contributed by atoms with Crippen LogP contribution in [0.4, 0.5) is 0 Å². The van der Waals surface area contributed by atoms with Gasteiger partial charge in [-0.1, -0.05) is 19.3 Å². The van der Waals surface area contributed by atoms with Gasteiger partial charge in [-0.2, -0.15) is 0 Å². The van der Waals surface area contributed by atoms with Crippen LogP contribution in [0, 0.1) is 0 Å². The van der Waals surface area contributed by atoms with E-state index in [1.807, 2.05) is 0 Å². The predicted molar refractivity (Wildman–Crippen MR) is 57.8 cm³/mol. The van der Waals surface area contributed by atoms with Crippen molar-refractivity contribution >= 4 is 0 Å². The summed E-state index contributed by atoms with van der Waals surface area (Å²) >= 11 is 0. The normalized spacial score (nSPS) is 20.8. The zero-order valence-electron chi connectivity index (χ0n) is 8.94. The highest BCUT2D eigenvalue weighted by Gasteiger charge is 2.26. The van der Waals surface area contributed by atoms with Gasteiger partial charge in [0.15, 0.2) is 0 Å². The van der Waals surface area contributed by atoms with Crippen molar-refractivity contribution in [3.63, 3.8) is 0 Å². The molecule has 1 rings (SSSR count). The first-order valence-corrected chi connectivity index (χ1v) is 5.72. The molecule has 0 unspecified atom stereocenters. The summed E-state index contributed by atoms with van der Waals surface area (Å²) in [6.45, 7) is 4.39. The van der Waals surface area contributed by atoms with Gasteiger partial charge in [0.05, 0.1) is 0 Å². The van der Waals surface area contributed by atoms with Crippen molar-refractivity contribution in [1.82, 2.24) is 5.32 Å². The molecule has 13 heavy (non-hydrogen) atoms. The smallest absolute Gasteiger partial charge is 0.0153 e. The van der Waals surface area contributed by atoms with Crippen LogP contribution in [0.5, 0.6) is 0 Å². The maximum absolute atomic E-state index is 5.44. The quantitative estimate of drug-likeness (QED) is 0.620. The molecule has 1 fully saturated rings. The second-order valence-corrected chi connectivity index (χ2v) is 4.54. The van der Waals surface area contributed by atoms with Gasteiger partial charge in [-0.15, -0.1) is 0 Å². The third-order valence-corrected chi connectivity index (χ3v) is 3.14. The molecule has 0 spiro atoms. The lowest BCUT2D eigenvalue weighted by Gasteiger charge is -2.25. The first kappa shape index (κ1) is 11.0. The van der Waals surface area contributed by atoms with E-state index in [0.717, 1.165) is 6.54 Å². The maximum Gasteiger partial charge on any atom is 0.0153 e. The van der Waals surface area contributed by atoms with Crippen LogP contribution in [0.2, 0.25) is 0 Å². The molecule has 0 atom stereocenters. The third-order valence-electron chi connectivity index (χ3n) is 3.14. The molecule has 1 aliphatic carbocycles.